The van der Waals surface area contributed by atoms with Crippen molar-refractivity contribution in [1.29, 1.82) is 0 Å². The van der Waals surface area contributed by atoms with Crippen LogP contribution in [0.15, 0.2) is 71.3 Å². The molecule has 0 fully saturated rings. The molecule has 0 aliphatic carbocycles. The van der Waals surface area contributed by atoms with E-state index in [2.05, 4.69) is 34.7 Å². The van der Waals surface area contributed by atoms with Crippen LogP contribution in [-0.4, -0.2) is 22.6 Å². The molecule has 2 heterocycles. The van der Waals surface area contributed by atoms with Gasteiger partial charge in [0, 0.05) is 22.7 Å². The fraction of sp³-hybridized carbons (Fsp3) is 0.136. The zero-order valence-corrected chi connectivity index (χ0v) is 14.7. The first-order chi connectivity index (χ1) is 13.2. The molecular formula is C22H20N2O3. The predicted octanol–water partition coefficient (Wildman–Crippen LogP) is 4.46. The molecule has 0 spiro atoms. The lowest BCUT2D eigenvalue weighted by Gasteiger charge is -2.03. The Labute approximate surface area is 156 Å². The van der Waals surface area contributed by atoms with Gasteiger partial charge in [0.15, 0.2) is 0 Å². The van der Waals surface area contributed by atoms with E-state index >= 15 is 0 Å². The second-order valence-corrected chi connectivity index (χ2v) is 6.43. The zero-order valence-electron chi connectivity index (χ0n) is 14.7. The first kappa shape index (κ1) is 17.1. The largest absolute Gasteiger partial charge is 0.478 e. The minimum Gasteiger partial charge on any atom is -0.478 e. The monoisotopic (exact) mass is 360 g/mol. The number of para-hydroxylation sites is 1. The fourth-order valence-corrected chi connectivity index (χ4v) is 3.18. The van der Waals surface area contributed by atoms with Crippen molar-refractivity contribution in [3.05, 3.63) is 83.7 Å². The van der Waals surface area contributed by atoms with Gasteiger partial charge in [-0.15, -0.1) is 0 Å². The number of H-pyrrole nitrogens is 1. The summed E-state index contributed by atoms with van der Waals surface area (Å²) in [5.41, 5.74) is 3.60. The van der Waals surface area contributed by atoms with Gasteiger partial charge in [0.05, 0.1) is 12.1 Å². The lowest BCUT2D eigenvalue weighted by molar-refractivity contribution is 0.0697. The van der Waals surface area contributed by atoms with Crippen molar-refractivity contribution in [1.82, 2.24) is 10.3 Å². The number of aromatic amines is 1. The van der Waals surface area contributed by atoms with Gasteiger partial charge in [0.25, 0.3) is 0 Å². The highest BCUT2D eigenvalue weighted by Crippen LogP contribution is 2.23. The summed E-state index contributed by atoms with van der Waals surface area (Å²) in [6, 6.07) is 18.8. The predicted molar refractivity (Wildman–Crippen MR) is 105 cm³/mol. The molecule has 0 aliphatic heterocycles. The molecule has 0 bridgehead atoms. The van der Waals surface area contributed by atoms with Gasteiger partial charge in [0.2, 0.25) is 0 Å². The highest BCUT2D eigenvalue weighted by molar-refractivity contribution is 5.88. The number of hydrogen-bond acceptors (Lipinski definition) is 3. The summed E-state index contributed by atoms with van der Waals surface area (Å²) in [7, 11) is 0. The number of rotatable bonds is 7. The van der Waals surface area contributed by atoms with Crippen molar-refractivity contribution in [3.8, 4) is 11.3 Å². The summed E-state index contributed by atoms with van der Waals surface area (Å²) in [6.07, 6.45) is 3.01. The summed E-state index contributed by atoms with van der Waals surface area (Å²) < 4.78 is 5.86. The Hall–Kier alpha value is -3.31. The van der Waals surface area contributed by atoms with E-state index in [1.807, 2.05) is 18.2 Å². The van der Waals surface area contributed by atoms with Crippen LogP contribution >= 0.6 is 0 Å². The van der Waals surface area contributed by atoms with Crippen LogP contribution in [0.2, 0.25) is 0 Å². The van der Waals surface area contributed by atoms with E-state index in [1.165, 1.54) is 10.9 Å². The molecule has 5 heteroatoms. The molecule has 0 aliphatic rings. The Morgan fingerprint density at radius 2 is 1.85 bits per heavy atom. The van der Waals surface area contributed by atoms with E-state index in [0.29, 0.717) is 6.54 Å². The number of carbonyl (C=O) groups is 1. The van der Waals surface area contributed by atoms with Crippen LogP contribution in [0.4, 0.5) is 0 Å². The number of carboxylic acid groups (broad SMARTS) is 1. The van der Waals surface area contributed by atoms with Crippen molar-refractivity contribution < 1.29 is 14.3 Å². The molecule has 27 heavy (non-hydrogen) atoms. The van der Waals surface area contributed by atoms with Crippen molar-refractivity contribution >= 4 is 16.9 Å². The summed E-state index contributed by atoms with van der Waals surface area (Å²) in [6.45, 7) is 1.50. The van der Waals surface area contributed by atoms with Gasteiger partial charge in [-0.3, -0.25) is 0 Å². The molecule has 0 atom stereocenters. The van der Waals surface area contributed by atoms with E-state index in [9.17, 15) is 4.79 Å². The quantitative estimate of drug-likeness (QED) is 0.425. The van der Waals surface area contributed by atoms with Gasteiger partial charge < -0.3 is 19.8 Å². The van der Waals surface area contributed by atoms with Gasteiger partial charge in [-0.2, -0.15) is 0 Å². The van der Waals surface area contributed by atoms with Gasteiger partial charge in [-0.1, -0.05) is 30.3 Å². The second-order valence-electron chi connectivity index (χ2n) is 6.43. The SMILES string of the molecule is O=C(O)c1ccc(-c2ccc(CNCCc3c[nH]c4ccccc34)o2)cc1. The third-order valence-corrected chi connectivity index (χ3v) is 4.62. The molecular weight excluding hydrogens is 340 g/mol. The topological polar surface area (TPSA) is 78.3 Å². The molecule has 4 rings (SSSR count). The summed E-state index contributed by atoms with van der Waals surface area (Å²) in [5, 5.41) is 13.6. The third-order valence-electron chi connectivity index (χ3n) is 4.62. The van der Waals surface area contributed by atoms with Crippen LogP contribution in [0, 0.1) is 0 Å². The van der Waals surface area contributed by atoms with Crippen LogP contribution in [0.3, 0.4) is 0 Å². The molecule has 0 radical (unpaired) electrons. The van der Waals surface area contributed by atoms with E-state index < -0.39 is 5.97 Å². The highest BCUT2D eigenvalue weighted by Gasteiger charge is 2.07. The Bertz CT molecular complexity index is 1060. The maximum Gasteiger partial charge on any atom is 0.335 e. The first-order valence-electron chi connectivity index (χ1n) is 8.89. The maximum absolute atomic E-state index is 10.9. The molecule has 0 unspecified atom stereocenters. The number of furan rings is 1. The first-order valence-corrected chi connectivity index (χ1v) is 8.89. The van der Waals surface area contributed by atoms with Crippen LogP contribution in [0.25, 0.3) is 22.2 Å². The second kappa shape index (κ2) is 7.51. The summed E-state index contributed by atoms with van der Waals surface area (Å²) >= 11 is 0. The number of fused-ring (bicyclic) bond motifs is 1. The van der Waals surface area contributed by atoms with Crippen molar-refractivity contribution in [2.45, 2.75) is 13.0 Å². The number of nitrogens with one attached hydrogen (secondary N) is 2. The number of aromatic carboxylic acids is 1. The lowest BCUT2D eigenvalue weighted by atomic mass is 10.1. The maximum atomic E-state index is 10.9. The van der Waals surface area contributed by atoms with Gasteiger partial charge >= 0.3 is 5.97 Å². The molecule has 0 amide bonds. The van der Waals surface area contributed by atoms with E-state index in [-0.39, 0.29) is 5.56 Å². The van der Waals surface area contributed by atoms with E-state index in [0.717, 1.165) is 35.6 Å². The molecule has 5 nitrogen and oxygen atoms in total. The summed E-state index contributed by atoms with van der Waals surface area (Å²) in [5.74, 6) is 0.660. The number of hydrogen-bond donors (Lipinski definition) is 3. The van der Waals surface area contributed by atoms with E-state index in [1.54, 1.807) is 24.3 Å². The number of carboxylic acids is 1. The Balaban J connectivity index is 1.32. The van der Waals surface area contributed by atoms with Crippen molar-refractivity contribution in [2.75, 3.05) is 6.54 Å². The van der Waals surface area contributed by atoms with Crippen molar-refractivity contribution in [2.24, 2.45) is 0 Å². The zero-order chi connectivity index (χ0) is 18.6. The Morgan fingerprint density at radius 1 is 1.04 bits per heavy atom. The molecule has 136 valence electrons. The fourth-order valence-electron chi connectivity index (χ4n) is 3.18. The Morgan fingerprint density at radius 3 is 2.67 bits per heavy atom. The normalized spacial score (nSPS) is 11.1. The lowest BCUT2D eigenvalue weighted by Crippen LogP contribution is -2.16. The van der Waals surface area contributed by atoms with E-state index in [4.69, 9.17) is 9.52 Å². The standard InChI is InChI=1S/C22H20N2O3/c25-22(26)16-7-5-15(6-8-16)21-10-9-18(27-21)14-23-12-11-17-13-24-20-4-2-1-3-19(17)20/h1-10,13,23-24H,11-12,14H2,(H,25,26). The van der Waals surface area contributed by atoms with Gasteiger partial charge in [-0.25, -0.2) is 4.79 Å². The number of benzene rings is 2. The van der Waals surface area contributed by atoms with Crippen LogP contribution in [0.1, 0.15) is 21.7 Å². The number of aromatic nitrogens is 1. The van der Waals surface area contributed by atoms with Gasteiger partial charge in [0.1, 0.15) is 11.5 Å². The van der Waals surface area contributed by atoms with Crippen LogP contribution in [0.5, 0.6) is 0 Å². The molecule has 0 saturated heterocycles. The molecule has 4 aromatic rings. The minimum absolute atomic E-state index is 0.268. The minimum atomic E-state index is -0.930. The van der Waals surface area contributed by atoms with Crippen LogP contribution < -0.4 is 5.32 Å². The van der Waals surface area contributed by atoms with Crippen molar-refractivity contribution in [3.63, 3.8) is 0 Å². The average Bonchev–Trinajstić information content (AvgIpc) is 3.33. The van der Waals surface area contributed by atoms with Gasteiger partial charge in [-0.05, 0) is 48.9 Å². The summed E-state index contributed by atoms with van der Waals surface area (Å²) in [4.78, 5) is 14.2. The average molecular weight is 360 g/mol. The smallest absolute Gasteiger partial charge is 0.335 e. The van der Waals surface area contributed by atoms with Crippen LogP contribution in [-0.2, 0) is 13.0 Å². The molecule has 3 N–H and O–H groups in total. The Kier molecular flexibility index (Phi) is 4.77. The highest BCUT2D eigenvalue weighted by atomic mass is 16.4. The molecule has 2 aromatic carbocycles. The molecule has 0 saturated carbocycles. The third kappa shape index (κ3) is 3.78. The molecule has 2 aromatic heterocycles.